The smallest absolute Gasteiger partial charge is 0.306 e. The van der Waals surface area contributed by atoms with E-state index in [0.29, 0.717) is 30.5 Å². The van der Waals surface area contributed by atoms with Gasteiger partial charge >= 0.3 is 5.97 Å². The Morgan fingerprint density at radius 2 is 1.87 bits per heavy atom. The number of carbonyl (C=O) groups is 2. The molecule has 5 atom stereocenters. The van der Waals surface area contributed by atoms with Gasteiger partial charge in [0.15, 0.2) is 0 Å². The molecule has 0 bridgehead atoms. The van der Waals surface area contributed by atoms with E-state index in [1.54, 1.807) is 0 Å². The maximum Gasteiger partial charge on any atom is 0.306 e. The molecule has 2 saturated carbocycles. The summed E-state index contributed by atoms with van der Waals surface area (Å²) in [7, 11) is 0. The fourth-order valence-electron chi connectivity index (χ4n) is 6.85. The molecule has 4 rings (SSSR count). The van der Waals surface area contributed by atoms with Crippen LogP contribution in [0.15, 0.2) is 11.6 Å². The average Bonchev–Trinajstić information content (AvgIpc) is 2.77. The third-order valence-corrected chi connectivity index (χ3v) is 7.90. The lowest BCUT2D eigenvalue weighted by molar-refractivity contribution is -0.205. The Labute approximate surface area is 138 Å². The Bertz CT molecular complexity index is 616. The van der Waals surface area contributed by atoms with Crippen LogP contribution < -0.4 is 0 Å². The lowest BCUT2D eigenvalue weighted by Gasteiger charge is -2.64. The van der Waals surface area contributed by atoms with Crippen molar-refractivity contribution in [3.8, 4) is 0 Å². The summed E-state index contributed by atoms with van der Waals surface area (Å²) in [6.45, 7) is 8.79. The van der Waals surface area contributed by atoms with Gasteiger partial charge in [-0.15, -0.1) is 0 Å². The van der Waals surface area contributed by atoms with Crippen LogP contribution in [-0.2, 0) is 14.3 Å². The standard InChI is InChI=1S/C20H28O3/c1-12-9-16-20(11-12)8-5-13-18(2,3)15(21)6-7-19(13,4)14(20)10-17(22)23-16/h9,13-14,16H,5-8,10-11H2,1-4H3. The normalized spacial score (nSPS) is 48.0. The van der Waals surface area contributed by atoms with Gasteiger partial charge in [-0.3, -0.25) is 9.59 Å². The number of ether oxygens (including phenoxy) is 1. The molecule has 5 unspecified atom stereocenters. The van der Waals surface area contributed by atoms with Crippen molar-refractivity contribution in [2.45, 2.75) is 72.3 Å². The van der Waals surface area contributed by atoms with Crippen LogP contribution in [0, 0.1) is 28.1 Å². The van der Waals surface area contributed by atoms with Crippen LogP contribution in [0.1, 0.15) is 66.2 Å². The first-order chi connectivity index (χ1) is 10.7. The highest BCUT2D eigenvalue weighted by atomic mass is 16.5. The molecular formula is C20H28O3. The van der Waals surface area contributed by atoms with Crippen molar-refractivity contribution in [1.82, 2.24) is 0 Å². The van der Waals surface area contributed by atoms with Gasteiger partial charge in [0.25, 0.3) is 0 Å². The van der Waals surface area contributed by atoms with Crippen molar-refractivity contribution < 1.29 is 14.3 Å². The Morgan fingerprint density at radius 3 is 2.61 bits per heavy atom. The molecule has 23 heavy (non-hydrogen) atoms. The molecule has 0 aromatic carbocycles. The molecule has 1 saturated heterocycles. The van der Waals surface area contributed by atoms with Gasteiger partial charge in [0, 0.05) is 23.7 Å². The molecule has 0 radical (unpaired) electrons. The summed E-state index contributed by atoms with van der Waals surface area (Å²) in [4.78, 5) is 24.8. The number of Topliss-reactive ketones (excluding diaryl/α,β-unsaturated/α-hetero) is 1. The first-order valence-corrected chi connectivity index (χ1v) is 9.10. The van der Waals surface area contributed by atoms with Gasteiger partial charge in [0.1, 0.15) is 11.9 Å². The van der Waals surface area contributed by atoms with Crippen molar-refractivity contribution >= 4 is 11.8 Å². The van der Waals surface area contributed by atoms with Crippen LogP contribution in [0.2, 0.25) is 0 Å². The minimum atomic E-state index is -0.257. The SMILES string of the molecule is CC1=CC2OC(=O)CC3C4(C)CCC(=O)C(C)(C)C4CCC23C1. The highest BCUT2D eigenvalue weighted by Gasteiger charge is 2.66. The zero-order valence-corrected chi connectivity index (χ0v) is 14.8. The van der Waals surface area contributed by atoms with E-state index in [1.165, 1.54) is 5.57 Å². The van der Waals surface area contributed by atoms with E-state index < -0.39 is 0 Å². The van der Waals surface area contributed by atoms with Crippen molar-refractivity contribution in [3.63, 3.8) is 0 Å². The molecule has 1 spiro atoms. The zero-order valence-electron chi connectivity index (χ0n) is 14.8. The van der Waals surface area contributed by atoms with E-state index in [0.717, 1.165) is 25.7 Å². The molecule has 0 aromatic heterocycles. The van der Waals surface area contributed by atoms with Gasteiger partial charge in [0.2, 0.25) is 0 Å². The third-order valence-electron chi connectivity index (χ3n) is 7.90. The topological polar surface area (TPSA) is 43.4 Å². The number of ketones is 1. The van der Waals surface area contributed by atoms with Gasteiger partial charge in [-0.1, -0.05) is 26.3 Å². The van der Waals surface area contributed by atoms with Crippen molar-refractivity contribution in [2.75, 3.05) is 0 Å². The highest BCUT2D eigenvalue weighted by molar-refractivity contribution is 5.85. The molecule has 3 fully saturated rings. The molecule has 0 N–H and O–H groups in total. The Balaban J connectivity index is 1.79. The maximum absolute atomic E-state index is 12.5. The van der Waals surface area contributed by atoms with Crippen LogP contribution in [0.4, 0.5) is 0 Å². The number of hydrogen-bond donors (Lipinski definition) is 0. The highest BCUT2D eigenvalue weighted by Crippen LogP contribution is 2.69. The Hall–Kier alpha value is -1.12. The average molecular weight is 316 g/mol. The van der Waals surface area contributed by atoms with Gasteiger partial charge in [-0.25, -0.2) is 0 Å². The summed E-state index contributed by atoms with van der Waals surface area (Å²) in [5.74, 6) is 1.10. The predicted octanol–water partition coefficient (Wildman–Crippen LogP) is 4.06. The molecule has 3 nitrogen and oxygen atoms in total. The number of esters is 1. The van der Waals surface area contributed by atoms with Crippen molar-refractivity contribution in [2.24, 2.45) is 28.1 Å². The summed E-state index contributed by atoms with van der Waals surface area (Å²) in [6, 6.07) is 0. The number of rotatable bonds is 0. The van der Waals surface area contributed by atoms with Crippen LogP contribution in [0.5, 0.6) is 0 Å². The lowest BCUT2D eigenvalue weighted by atomic mass is 9.41. The minimum absolute atomic E-state index is 0.0349. The van der Waals surface area contributed by atoms with E-state index in [9.17, 15) is 9.59 Å². The largest absolute Gasteiger partial charge is 0.457 e. The second-order valence-electron chi connectivity index (χ2n) is 9.33. The number of carbonyl (C=O) groups excluding carboxylic acids is 2. The summed E-state index contributed by atoms with van der Waals surface area (Å²) in [6.07, 6.45) is 7.52. The number of allylic oxidation sites excluding steroid dienone is 1. The molecule has 1 heterocycles. The molecule has 3 heteroatoms. The molecule has 126 valence electrons. The van der Waals surface area contributed by atoms with Gasteiger partial charge < -0.3 is 4.74 Å². The zero-order chi connectivity index (χ0) is 16.6. The fraction of sp³-hybridized carbons (Fsp3) is 0.800. The molecule has 3 aliphatic carbocycles. The van der Waals surface area contributed by atoms with E-state index in [-0.39, 0.29) is 28.3 Å². The molecule has 1 aliphatic heterocycles. The maximum atomic E-state index is 12.5. The quantitative estimate of drug-likeness (QED) is 0.500. The molecule has 0 amide bonds. The summed E-state index contributed by atoms with van der Waals surface area (Å²) < 4.78 is 5.76. The van der Waals surface area contributed by atoms with E-state index in [1.807, 2.05) is 0 Å². The van der Waals surface area contributed by atoms with Crippen LogP contribution in [0.3, 0.4) is 0 Å². The second kappa shape index (κ2) is 4.49. The minimum Gasteiger partial charge on any atom is -0.457 e. The van der Waals surface area contributed by atoms with Crippen LogP contribution >= 0.6 is 0 Å². The second-order valence-corrected chi connectivity index (χ2v) is 9.33. The first-order valence-electron chi connectivity index (χ1n) is 9.10. The van der Waals surface area contributed by atoms with E-state index in [2.05, 4.69) is 33.8 Å². The van der Waals surface area contributed by atoms with Gasteiger partial charge in [-0.2, -0.15) is 0 Å². The van der Waals surface area contributed by atoms with E-state index in [4.69, 9.17) is 4.74 Å². The summed E-state index contributed by atoms with van der Waals surface area (Å²) >= 11 is 0. The third kappa shape index (κ3) is 1.82. The van der Waals surface area contributed by atoms with Gasteiger partial charge in [0.05, 0.1) is 0 Å². The Kier molecular flexibility index (Phi) is 3.01. The summed E-state index contributed by atoms with van der Waals surface area (Å²) in [5.41, 5.74) is 1.28. The van der Waals surface area contributed by atoms with Crippen LogP contribution in [-0.4, -0.2) is 17.9 Å². The number of hydrogen-bond acceptors (Lipinski definition) is 3. The fourth-order valence-corrected chi connectivity index (χ4v) is 6.85. The molecule has 4 aliphatic rings. The molecular weight excluding hydrogens is 288 g/mol. The van der Waals surface area contributed by atoms with Crippen molar-refractivity contribution in [1.29, 1.82) is 0 Å². The number of fused-ring (bicyclic) bond motifs is 2. The predicted molar refractivity (Wildman–Crippen MR) is 87.6 cm³/mol. The van der Waals surface area contributed by atoms with Gasteiger partial charge in [-0.05, 0) is 55.9 Å². The van der Waals surface area contributed by atoms with Crippen LogP contribution in [0.25, 0.3) is 0 Å². The van der Waals surface area contributed by atoms with E-state index >= 15 is 0 Å². The van der Waals surface area contributed by atoms with Crippen molar-refractivity contribution in [3.05, 3.63) is 11.6 Å². The lowest BCUT2D eigenvalue weighted by Crippen LogP contribution is -2.62. The summed E-state index contributed by atoms with van der Waals surface area (Å²) in [5, 5.41) is 0. The monoisotopic (exact) mass is 316 g/mol. The molecule has 0 aromatic rings. The first kappa shape index (κ1) is 15.4. The Morgan fingerprint density at radius 1 is 1.13 bits per heavy atom.